The summed E-state index contributed by atoms with van der Waals surface area (Å²) in [5.41, 5.74) is 2.36. The van der Waals surface area contributed by atoms with Gasteiger partial charge in [0.15, 0.2) is 6.61 Å². The van der Waals surface area contributed by atoms with Crippen LogP contribution in [0.15, 0.2) is 48.5 Å². The van der Waals surface area contributed by atoms with Crippen molar-refractivity contribution in [2.24, 2.45) is 0 Å². The first kappa shape index (κ1) is 20.2. The number of methoxy groups -OCH3 is 1. The molecule has 1 fully saturated rings. The number of nitrogens with zero attached hydrogens (tertiary/aromatic N) is 1. The summed E-state index contributed by atoms with van der Waals surface area (Å²) in [6.07, 6.45) is 3.69. The predicted octanol–water partition coefficient (Wildman–Crippen LogP) is 3.73. The fourth-order valence-electron chi connectivity index (χ4n) is 3.56. The molecule has 3 rings (SSSR count). The van der Waals surface area contributed by atoms with Crippen molar-refractivity contribution in [3.8, 4) is 11.5 Å². The Bertz CT molecular complexity index is 737. The molecule has 0 spiro atoms. The van der Waals surface area contributed by atoms with Crippen LogP contribution in [0.3, 0.4) is 0 Å². The number of rotatable bonds is 8. The molecule has 5 nitrogen and oxygen atoms in total. The summed E-state index contributed by atoms with van der Waals surface area (Å²) < 4.78 is 10.9. The van der Waals surface area contributed by atoms with Crippen LogP contribution in [0.25, 0.3) is 0 Å². The minimum atomic E-state index is -0.101. The van der Waals surface area contributed by atoms with E-state index in [0.29, 0.717) is 12.3 Å². The van der Waals surface area contributed by atoms with Crippen LogP contribution < -0.4 is 14.8 Å². The van der Waals surface area contributed by atoms with Gasteiger partial charge in [-0.3, -0.25) is 9.69 Å². The summed E-state index contributed by atoms with van der Waals surface area (Å²) >= 11 is 0. The molecule has 0 aliphatic carbocycles. The van der Waals surface area contributed by atoms with Gasteiger partial charge in [0, 0.05) is 6.54 Å². The van der Waals surface area contributed by atoms with E-state index in [9.17, 15) is 4.79 Å². The molecule has 0 radical (unpaired) electrons. The van der Waals surface area contributed by atoms with Crippen LogP contribution >= 0.6 is 0 Å². The fraction of sp³-hybridized carbons (Fsp3) is 0.435. The van der Waals surface area contributed by atoms with Crippen molar-refractivity contribution in [1.29, 1.82) is 0 Å². The Morgan fingerprint density at radius 2 is 1.64 bits per heavy atom. The minimum Gasteiger partial charge on any atom is -0.497 e. The highest BCUT2D eigenvalue weighted by Gasteiger charge is 2.23. The smallest absolute Gasteiger partial charge is 0.258 e. The monoisotopic (exact) mass is 382 g/mol. The van der Waals surface area contributed by atoms with E-state index in [1.807, 2.05) is 43.3 Å². The highest BCUT2D eigenvalue weighted by atomic mass is 16.5. The average Bonchev–Trinajstić information content (AvgIpc) is 2.74. The van der Waals surface area contributed by atoms with E-state index >= 15 is 0 Å². The number of carbonyl (C=O) groups is 1. The number of carbonyl (C=O) groups excluding carboxylic acids is 1. The zero-order valence-electron chi connectivity index (χ0n) is 16.8. The van der Waals surface area contributed by atoms with Crippen molar-refractivity contribution in [3.05, 3.63) is 59.7 Å². The lowest BCUT2D eigenvalue weighted by molar-refractivity contribution is -0.123. The number of hydrogen-bond donors (Lipinski definition) is 1. The van der Waals surface area contributed by atoms with Gasteiger partial charge in [0.05, 0.1) is 13.2 Å². The maximum absolute atomic E-state index is 12.3. The molecule has 1 amide bonds. The molecular formula is C23H30N2O3. The number of benzene rings is 2. The Morgan fingerprint density at radius 1 is 1.00 bits per heavy atom. The maximum atomic E-state index is 12.3. The van der Waals surface area contributed by atoms with Crippen LogP contribution in [0, 0.1) is 6.92 Å². The summed E-state index contributed by atoms with van der Waals surface area (Å²) in [6.45, 7) is 4.75. The second kappa shape index (κ2) is 10.1. The number of hydrogen-bond acceptors (Lipinski definition) is 4. The fourth-order valence-corrected chi connectivity index (χ4v) is 3.56. The third-order valence-electron chi connectivity index (χ3n) is 5.22. The first-order chi connectivity index (χ1) is 13.7. The molecule has 150 valence electrons. The van der Waals surface area contributed by atoms with Gasteiger partial charge < -0.3 is 14.8 Å². The molecule has 0 saturated carbocycles. The van der Waals surface area contributed by atoms with E-state index in [1.54, 1.807) is 7.11 Å². The average molecular weight is 383 g/mol. The van der Waals surface area contributed by atoms with Gasteiger partial charge in [-0.1, -0.05) is 36.2 Å². The highest BCUT2D eigenvalue weighted by Crippen LogP contribution is 2.25. The highest BCUT2D eigenvalue weighted by molar-refractivity contribution is 5.77. The number of piperidine rings is 1. The first-order valence-electron chi connectivity index (χ1n) is 10.00. The first-order valence-corrected chi connectivity index (χ1v) is 10.00. The molecule has 1 aliphatic rings. The van der Waals surface area contributed by atoms with E-state index < -0.39 is 0 Å². The van der Waals surface area contributed by atoms with Gasteiger partial charge in [-0.15, -0.1) is 0 Å². The van der Waals surface area contributed by atoms with Gasteiger partial charge in [-0.25, -0.2) is 0 Å². The van der Waals surface area contributed by atoms with E-state index in [4.69, 9.17) is 9.47 Å². The third-order valence-corrected chi connectivity index (χ3v) is 5.22. The lowest BCUT2D eigenvalue weighted by Crippen LogP contribution is -2.41. The van der Waals surface area contributed by atoms with Crippen molar-refractivity contribution in [2.75, 3.05) is 33.4 Å². The molecule has 1 unspecified atom stereocenters. The van der Waals surface area contributed by atoms with Crippen molar-refractivity contribution in [3.63, 3.8) is 0 Å². The number of ether oxygens (including phenoxy) is 2. The molecule has 2 aromatic carbocycles. The predicted molar refractivity (Wildman–Crippen MR) is 111 cm³/mol. The van der Waals surface area contributed by atoms with Crippen LogP contribution in [-0.2, 0) is 4.79 Å². The molecule has 1 atom stereocenters. The van der Waals surface area contributed by atoms with Gasteiger partial charge in [-0.2, -0.15) is 0 Å². The summed E-state index contributed by atoms with van der Waals surface area (Å²) in [7, 11) is 1.67. The van der Waals surface area contributed by atoms with Crippen LogP contribution in [-0.4, -0.2) is 44.2 Å². The van der Waals surface area contributed by atoms with Crippen LogP contribution in [0.5, 0.6) is 11.5 Å². The molecule has 1 heterocycles. The Kier molecular flexibility index (Phi) is 7.31. The van der Waals surface area contributed by atoms with Gasteiger partial charge in [0.1, 0.15) is 11.5 Å². The van der Waals surface area contributed by atoms with E-state index in [1.165, 1.54) is 30.4 Å². The van der Waals surface area contributed by atoms with Crippen molar-refractivity contribution < 1.29 is 14.3 Å². The van der Waals surface area contributed by atoms with Gasteiger partial charge >= 0.3 is 0 Å². The van der Waals surface area contributed by atoms with Crippen LogP contribution in [0.1, 0.15) is 36.4 Å². The Morgan fingerprint density at radius 3 is 2.29 bits per heavy atom. The Balaban J connectivity index is 1.58. The SMILES string of the molecule is COc1ccc(C(CNC(=O)COc2ccc(C)cc2)N2CCCCC2)cc1. The second-order valence-electron chi connectivity index (χ2n) is 7.29. The molecule has 1 aliphatic heterocycles. The van der Waals surface area contributed by atoms with E-state index in [0.717, 1.165) is 18.8 Å². The standard InChI is InChI=1S/C23H30N2O3/c1-18-6-10-21(11-7-18)28-17-23(26)24-16-22(25-14-4-3-5-15-25)19-8-12-20(27-2)13-9-19/h6-13,22H,3-5,14-17H2,1-2H3,(H,24,26). The molecule has 0 bridgehead atoms. The van der Waals surface area contributed by atoms with Crippen LogP contribution in [0.4, 0.5) is 0 Å². The number of likely N-dealkylation sites (tertiary alicyclic amines) is 1. The molecule has 2 aromatic rings. The summed E-state index contributed by atoms with van der Waals surface area (Å²) in [5, 5.41) is 3.05. The molecule has 0 aromatic heterocycles. The zero-order valence-corrected chi connectivity index (χ0v) is 16.8. The third kappa shape index (κ3) is 5.73. The summed E-state index contributed by atoms with van der Waals surface area (Å²) in [4.78, 5) is 14.8. The molecule has 5 heteroatoms. The maximum Gasteiger partial charge on any atom is 0.258 e. The minimum absolute atomic E-state index is 0.0262. The van der Waals surface area contributed by atoms with Gasteiger partial charge in [0.2, 0.25) is 0 Å². The lowest BCUT2D eigenvalue weighted by Gasteiger charge is -2.35. The van der Waals surface area contributed by atoms with Crippen molar-refractivity contribution >= 4 is 5.91 Å². The van der Waals surface area contributed by atoms with E-state index in [-0.39, 0.29) is 18.6 Å². The number of aryl methyl sites for hydroxylation is 1. The van der Waals surface area contributed by atoms with Gasteiger partial charge in [0.25, 0.3) is 5.91 Å². The number of nitrogens with one attached hydrogen (secondary N) is 1. The van der Waals surface area contributed by atoms with Crippen LogP contribution in [0.2, 0.25) is 0 Å². The zero-order chi connectivity index (χ0) is 19.8. The van der Waals surface area contributed by atoms with Crippen molar-refractivity contribution in [2.45, 2.75) is 32.2 Å². The summed E-state index contributed by atoms with van der Waals surface area (Å²) in [6, 6.07) is 16.0. The van der Waals surface area contributed by atoms with Gasteiger partial charge in [-0.05, 0) is 62.7 Å². The number of amides is 1. The van der Waals surface area contributed by atoms with E-state index in [2.05, 4.69) is 22.3 Å². The molecule has 1 saturated heterocycles. The topological polar surface area (TPSA) is 50.8 Å². The Hall–Kier alpha value is -2.53. The molecular weight excluding hydrogens is 352 g/mol. The molecule has 1 N–H and O–H groups in total. The molecule has 28 heavy (non-hydrogen) atoms. The lowest BCUT2D eigenvalue weighted by atomic mass is 10.0. The second-order valence-corrected chi connectivity index (χ2v) is 7.29. The largest absolute Gasteiger partial charge is 0.497 e. The quantitative estimate of drug-likeness (QED) is 0.756. The Labute approximate surface area is 167 Å². The van der Waals surface area contributed by atoms with Crippen molar-refractivity contribution in [1.82, 2.24) is 10.2 Å². The summed E-state index contributed by atoms with van der Waals surface area (Å²) in [5.74, 6) is 1.45. The normalized spacial score (nSPS) is 15.6.